The topological polar surface area (TPSA) is 64.7 Å². The Hall–Kier alpha value is -2.89. The highest BCUT2D eigenvalue weighted by Crippen LogP contribution is 2.38. The fourth-order valence-electron chi connectivity index (χ4n) is 6.97. The Kier molecular flexibility index (Phi) is 8.35. The summed E-state index contributed by atoms with van der Waals surface area (Å²) >= 11 is 0. The zero-order valence-corrected chi connectivity index (χ0v) is 23.7. The molecule has 2 heterocycles. The first-order valence-electron chi connectivity index (χ1n) is 14.9. The van der Waals surface area contributed by atoms with E-state index in [-0.39, 0.29) is 11.7 Å². The van der Waals surface area contributed by atoms with Crippen LogP contribution in [0, 0.1) is 25.7 Å². The van der Waals surface area contributed by atoms with E-state index in [2.05, 4.69) is 43.2 Å². The number of benzene rings is 1. The first-order valence-corrected chi connectivity index (χ1v) is 14.9. The van der Waals surface area contributed by atoms with E-state index in [1.807, 2.05) is 40.5 Å². The Morgan fingerprint density at radius 1 is 0.895 bits per heavy atom. The van der Waals surface area contributed by atoms with Crippen LogP contribution in [0.25, 0.3) is 17.1 Å². The summed E-state index contributed by atoms with van der Waals surface area (Å²) < 4.78 is 3.68. The average Bonchev–Trinajstić information content (AvgIpc) is 3.14. The standard InChI is InChI=1S/C32H45N5O/c1-22(2)36-24(4)30(37(32(36)38)28-14-10-11-23(3)21-28)29-19-20-33-31(35-29)34-27-17-15-26(16-18-27)25-12-8-6-5-7-9-13-25/h10-11,14,19-22,25-27H,5-9,12-13,15-18H2,1-4H3,(H,33,34,35). The largest absolute Gasteiger partial charge is 0.351 e. The zero-order valence-electron chi connectivity index (χ0n) is 23.7. The molecular weight excluding hydrogens is 470 g/mol. The Morgan fingerprint density at radius 2 is 1.58 bits per heavy atom. The molecule has 1 aromatic carbocycles. The third kappa shape index (κ3) is 5.74. The maximum atomic E-state index is 13.6. The summed E-state index contributed by atoms with van der Waals surface area (Å²) in [5.74, 6) is 2.49. The Labute approximate surface area is 227 Å². The molecule has 2 aliphatic rings. The van der Waals surface area contributed by atoms with E-state index in [4.69, 9.17) is 4.98 Å². The quantitative estimate of drug-likeness (QED) is 0.367. The molecule has 5 rings (SSSR count). The van der Waals surface area contributed by atoms with Gasteiger partial charge in [0.15, 0.2) is 0 Å². The molecule has 0 saturated heterocycles. The third-order valence-electron chi connectivity index (χ3n) is 8.92. The van der Waals surface area contributed by atoms with Crippen molar-refractivity contribution in [2.75, 3.05) is 5.32 Å². The van der Waals surface area contributed by atoms with E-state index in [0.29, 0.717) is 12.0 Å². The lowest BCUT2D eigenvalue weighted by Crippen LogP contribution is -2.30. The number of imidazole rings is 1. The summed E-state index contributed by atoms with van der Waals surface area (Å²) in [6.07, 6.45) is 16.8. The van der Waals surface area contributed by atoms with Crippen molar-refractivity contribution >= 4 is 5.95 Å². The SMILES string of the molecule is Cc1cccc(-n2c(-c3ccnc(NC4CCC(C5CCCCCCC5)CC4)n3)c(C)n(C(C)C)c2=O)c1. The van der Waals surface area contributed by atoms with Gasteiger partial charge < -0.3 is 5.32 Å². The molecule has 0 unspecified atom stereocenters. The highest BCUT2D eigenvalue weighted by atomic mass is 16.1. The van der Waals surface area contributed by atoms with Gasteiger partial charge >= 0.3 is 5.69 Å². The van der Waals surface area contributed by atoms with Crippen molar-refractivity contribution in [3.8, 4) is 17.1 Å². The van der Waals surface area contributed by atoms with Gasteiger partial charge in [-0.2, -0.15) is 0 Å². The Balaban J connectivity index is 1.36. The molecule has 0 radical (unpaired) electrons. The number of nitrogens with one attached hydrogen (secondary N) is 1. The second-order valence-electron chi connectivity index (χ2n) is 12.0. The second kappa shape index (κ2) is 11.9. The number of aromatic nitrogens is 4. The zero-order chi connectivity index (χ0) is 26.6. The van der Waals surface area contributed by atoms with Crippen LogP contribution in [0.2, 0.25) is 0 Å². The summed E-state index contributed by atoms with van der Waals surface area (Å²) in [4.78, 5) is 23.1. The van der Waals surface area contributed by atoms with Crippen molar-refractivity contribution in [3.63, 3.8) is 0 Å². The molecule has 6 nitrogen and oxygen atoms in total. The minimum Gasteiger partial charge on any atom is -0.351 e. The number of aryl methyl sites for hydroxylation is 1. The summed E-state index contributed by atoms with van der Waals surface area (Å²) in [5.41, 5.74) is 4.51. The molecule has 2 saturated carbocycles. The molecule has 204 valence electrons. The molecule has 2 fully saturated rings. The normalized spacial score (nSPS) is 21.3. The minimum atomic E-state index is -0.0289. The van der Waals surface area contributed by atoms with E-state index in [0.717, 1.165) is 40.2 Å². The van der Waals surface area contributed by atoms with E-state index in [1.165, 1.54) is 70.6 Å². The number of anilines is 1. The van der Waals surface area contributed by atoms with Gasteiger partial charge in [0.2, 0.25) is 5.95 Å². The molecule has 0 aliphatic heterocycles. The molecule has 0 amide bonds. The van der Waals surface area contributed by atoms with Crippen molar-refractivity contribution < 1.29 is 0 Å². The van der Waals surface area contributed by atoms with Gasteiger partial charge in [0.1, 0.15) is 0 Å². The van der Waals surface area contributed by atoms with Gasteiger partial charge in [0.05, 0.1) is 17.1 Å². The molecular formula is C32H45N5O. The first-order chi connectivity index (χ1) is 18.4. The summed E-state index contributed by atoms with van der Waals surface area (Å²) in [6, 6.07) is 10.5. The highest BCUT2D eigenvalue weighted by molar-refractivity contribution is 5.62. The monoisotopic (exact) mass is 515 g/mol. The van der Waals surface area contributed by atoms with Gasteiger partial charge in [-0.3, -0.25) is 9.13 Å². The van der Waals surface area contributed by atoms with Crippen LogP contribution < -0.4 is 11.0 Å². The summed E-state index contributed by atoms with van der Waals surface area (Å²) in [6.45, 7) is 8.19. The Bertz CT molecular complexity index is 1270. The van der Waals surface area contributed by atoms with Crippen LogP contribution in [-0.4, -0.2) is 25.1 Å². The average molecular weight is 516 g/mol. The van der Waals surface area contributed by atoms with Crippen LogP contribution in [0.3, 0.4) is 0 Å². The molecule has 0 atom stereocenters. The van der Waals surface area contributed by atoms with Crippen molar-refractivity contribution in [2.45, 2.75) is 110 Å². The van der Waals surface area contributed by atoms with Gasteiger partial charge in [-0.15, -0.1) is 0 Å². The summed E-state index contributed by atoms with van der Waals surface area (Å²) in [7, 11) is 0. The molecule has 2 aliphatic carbocycles. The van der Waals surface area contributed by atoms with Crippen molar-refractivity contribution in [3.05, 3.63) is 58.3 Å². The fourth-order valence-corrected chi connectivity index (χ4v) is 6.97. The number of rotatable bonds is 6. The first kappa shape index (κ1) is 26.7. The molecule has 0 bridgehead atoms. The van der Waals surface area contributed by atoms with E-state index in [1.54, 1.807) is 0 Å². The lowest BCUT2D eigenvalue weighted by atomic mass is 9.73. The lowest BCUT2D eigenvalue weighted by Gasteiger charge is -2.35. The molecule has 1 N–H and O–H groups in total. The molecule has 0 spiro atoms. The number of nitrogens with zero attached hydrogens (tertiary/aromatic N) is 4. The van der Waals surface area contributed by atoms with Gasteiger partial charge in [0, 0.05) is 24.0 Å². The molecule has 2 aromatic heterocycles. The van der Waals surface area contributed by atoms with Crippen LogP contribution in [0.15, 0.2) is 41.3 Å². The van der Waals surface area contributed by atoms with Crippen LogP contribution in [0.1, 0.15) is 102 Å². The van der Waals surface area contributed by atoms with E-state index in [9.17, 15) is 4.79 Å². The minimum absolute atomic E-state index is 0.0289. The van der Waals surface area contributed by atoms with E-state index >= 15 is 0 Å². The van der Waals surface area contributed by atoms with Gasteiger partial charge in [-0.05, 0) is 89.0 Å². The Morgan fingerprint density at radius 3 is 2.26 bits per heavy atom. The maximum absolute atomic E-state index is 13.6. The van der Waals surface area contributed by atoms with Crippen LogP contribution in [0.4, 0.5) is 5.95 Å². The van der Waals surface area contributed by atoms with Crippen molar-refractivity contribution in [2.24, 2.45) is 11.8 Å². The van der Waals surface area contributed by atoms with Gasteiger partial charge in [-0.1, -0.05) is 57.1 Å². The number of hydrogen-bond acceptors (Lipinski definition) is 4. The van der Waals surface area contributed by atoms with Gasteiger partial charge in [0.25, 0.3) is 0 Å². The summed E-state index contributed by atoms with van der Waals surface area (Å²) in [5, 5.41) is 3.65. The molecule has 3 aromatic rings. The van der Waals surface area contributed by atoms with Crippen LogP contribution >= 0.6 is 0 Å². The predicted octanol–water partition coefficient (Wildman–Crippen LogP) is 7.62. The molecule has 38 heavy (non-hydrogen) atoms. The highest BCUT2D eigenvalue weighted by Gasteiger charge is 2.28. The molecule has 6 heteroatoms. The van der Waals surface area contributed by atoms with Crippen LogP contribution in [0.5, 0.6) is 0 Å². The second-order valence-corrected chi connectivity index (χ2v) is 12.0. The van der Waals surface area contributed by atoms with Crippen molar-refractivity contribution in [1.82, 2.24) is 19.1 Å². The number of hydrogen-bond donors (Lipinski definition) is 1. The third-order valence-corrected chi connectivity index (χ3v) is 8.92. The van der Waals surface area contributed by atoms with Crippen LogP contribution in [-0.2, 0) is 0 Å². The predicted molar refractivity (Wildman–Crippen MR) is 156 cm³/mol. The van der Waals surface area contributed by atoms with Gasteiger partial charge in [-0.25, -0.2) is 14.8 Å². The van der Waals surface area contributed by atoms with Crippen molar-refractivity contribution in [1.29, 1.82) is 0 Å². The fraction of sp³-hybridized carbons (Fsp3) is 0.594. The lowest BCUT2D eigenvalue weighted by molar-refractivity contribution is 0.201. The van der Waals surface area contributed by atoms with E-state index < -0.39 is 0 Å². The maximum Gasteiger partial charge on any atom is 0.333 e. The smallest absolute Gasteiger partial charge is 0.333 e.